The third-order valence-corrected chi connectivity index (χ3v) is 4.55. The molecule has 1 N–H and O–H groups in total. The van der Waals surface area contributed by atoms with Crippen LogP contribution in [0.2, 0.25) is 0 Å². The van der Waals surface area contributed by atoms with E-state index >= 15 is 0 Å². The maximum atomic E-state index is 12.1. The van der Waals surface area contributed by atoms with Crippen molar-refractivity contribution >= 4 is 39.2 Å². The van der Waals surface area contributed by atoms with Crippen LogP contribution in [0.15, 0.2) is 59.7 Å². The first-order valence-electron chi connectivity index (χ1n) is 7.76. The molecule has 1 aromatic heterocycles. The van der Waals surface area contributed by atoms with Crippen molar-refractivity contribution in [1.82, 2.24) is 5.43 Å². The molecule has 1 amide bonds. The number of hydrogen-bond acceptors (Lipinski definition) is 6. The first kappa shape index (κ1) is 17.6. The second kappa shape index (κ2) is 7.75. The van der Waals surface area contributed by atoms with Crippen molar-refractivity contribution < 1.29 is 14.5 Å². The Morgan fingerprint density at radius 1 is 1.23 bits per heavy atom. The zero-order valence-corrected chi connectivity index (χ0v) is 14.6. The molecule has 0 spiro atoms. The molecule has 0 radical (unpaired) electrons. The highest BCUT2D eigenvalue weighted by Gasteiger charge is 2.15. The molecule has 3 rings (SSSR count). The molecule has 0 fully saturated rings. The topological polar surface area (TPSA) is 93.8 Å². The fourth-order valence-electron chi connectivity index (χ4n) is 2.30. The quantitative estimate of drug-likeness (QED) is 0.407. The zero-order chi connectivity index (χ0) is 18.5. The van der Waals surface area contributed by atoms with Gasteiger partial charge in [-0.25, -0.2) is 5.43 Å². The van der Waals surface area contributed by atoms with Crippen molar-refractivity contribution in [2.75, 3.05) is 0 Å². The lowest BCUT2D eigenvalue weighted by Crippen LogP contribution is -2.33. The van der Waals surface area contributed by atoms with E-state index in [1.165, 1.54) is 12.3 Å². The highest BCUT2D eigenvalue weighted by Crippen LogP contribution is 2.26. The Hall–Kier alpha value is -3.26. The summed E-state index contributed by atoms with van der Waals surface area (Å²) in [7, 11) is 0. The Kier molecular flexibility index (Phi) is 5.23. The van der Waals surface area contributed by atoms with Gasteiger partial charge in [0, 0.05) is 11.5 Å². The molecular weight excluding hydrogens is 354 g/mol. The van der Waals surface area contributed by atoms with Gasteiger partial charge in [0.2, 0.25) is 0 Å². The molecule has 0 aliphatic carbocycles. The van der Waals surface area contributed by atoms with Gasteiger partial charge in [0.15, 0.2) is 6.10 Å². The normalized spacial score (nSPS) is 12.2. The molecule has 0 aliphatic heterocycles. The lowest BCUT2D eigenvalue weighted by atomic mass is 10.1. The van der Waals surface area contributed by atoms with E-state index in [-0.39, 0.29) is 5.00 Å². The number of benzene rings is 2. The minimum atomic E-state index is -0.754. The second-order valence-electron chi connectivity index (χ2n) is 5.40. The van der Waals surface area contributed by atoms with E-state index in [4.69, 9.17) is 4.74 Å². The first-order chi connectivity index (χ1) is 12.5. The van der Waals surface area contributed by atoms with Gasteiger partial charge in [-0.05, 0) is 24.4 Å². The van der Waals surface area contributed by atoms with Crippen LogP contribution in [0.4, 0.5) is 5.00 Å². The Morgan fingerprint density at radius 3 is 2.77 bits per heavy atom. The van der Waals surface area contributed by atoms with Crippen LogP contribution < -0.4 is 10.2 Å². The van der Waals surface area contributed by atoms with Gasteiger partial charge in [0.25, 0.3) is 5.91 Å². The zero-order valence-electron chi connectivity index (χ0n) is 13.8. The summed E-state index contributed by atoms with van der Waals surface area (Å²) in [4.78, 5) is 22.9. The van der Waals surface area contributed by atoms with Gasteiger partial charge in [-0.1, -0.05) is 47.7 Å². The molecule has 26 heavy (non-hydrogen) atoms. The van der Waals surface area contributed by atoms with Crippen LogP contribution in [-0.2, 0) is 4.79 Å². The van der Waals surface area contributed by atoms with Gasteiger partial charge >= 0.3 is 5.00 Å². The molecule has 0 unspecified atom stereocenters. The van der Waals surface area contributed by atoms with Gasteiger partial charge in [0.05, 0.1) is 16.0 Å². The van der Waals surface area contributed by atoms with Crippen molar-refractivity contribution in [1.29, 1.82) is 0 Å². The molecule has 2 aromatic carbocycles. The van der Waals surface area contributed by atoms with Crippen LogP contribution in [-0.4, -0.2) is 23.1 Å². The summed E-state index contributed by atoms with van der Waals surface area (Å²) in [6.07, 6.45) is 0.607. The van der Waals surface area contributed by atoms with Gasteiger partial charge in [0.1, 0.15) is 5.75 Å². The summed E-state index contributed by atoms with van der Waals surface area (Å²) >= 11 is 0.974. The SMILES string of the molecule is C[C@H](Oc1cccc2ccccc12)C(=O)NN=Cc1ccc([N+](=O)[O-])s1. The Balaban J connectivity index is 1.62. The number of hydrazone groups is 1. The average Bonchev–Trinajstić information content (AvgIpc) is 3.11. The van der Waals surface area contributed by atoms with E-state index in [1.807, 2.05) is 36.4 Å². The van der Waals surface area contributed by atoms with Crippen molar-refractivity contribution in [3.05, 3.63) is 69.6 Å². The standard InChI is InChI=1S/C18H15N3O4S/c1-12(25-16-8-4-6-13-5-2-3-7-15(13)16)18(22)20-19-11-14-9-10-17(26-14)21(23)24/h2-12H,1H3,(H,20,22)/t12-/m0/s1. The molecule has 0 saturated carbocycles. The molecule has 8 heteroatoms. The summed E-state index contributed by atoms with van der Waals surface area (Å²) in [6, 6.07) is 16.3. The second-order valence-corrected chi connectivity index (χ2v) is 6.50. The van der Waals surface area contributed by atoms with Gasteiger partial charge in [-0.3, -0.25) is 14.9 Å². The number of hydrogen-bond donors (Lipinski definition) is 1. The highest BCUT2D eigenvalue weighted by molar-refractivity contribution is 7.16. The number of rotatable bonds is 6. The summed E-state index contributed by atoms with van der Waals surface area (Å²) in [6.45, 7) is 1.63. The Bertz CT molecular complexity index is 978. The van der Waals surface area contributed by atoms with Crippen molar-refractivity contribution in [3.63, 3.8) is 0 Å². The van der Waals surface area contributed by atoms with Gasteiger partial charge in [-0.2, -0.15) is 5.10 Å². The van der Waals surface area contributed by atoms with Gasteiger partial charge in [-0.15, -0.1) is 0 Å². The first-order valence-corrected chi connectivity index (χ1v) is 8.58. The molecular formula is C18H15N3O4S. The van der Waals surface area contributed by atoms with E-state index in [2.05, 4.69) is 10.5 Å². The number of fused-ring (bicyclic) bond motifs is 1. The van der Waals surface area contributed by atoms with E-state index in [0.29, 0.717) is 10.6 Å². The van der Waals surface area contributed by atoms with Crippen LogP contribution >= 0.6 is 11.3 Å². The molecule has 132 valence electrons. The highest BCUT2D eigenvalue weighted by atomic mass is 32.1. The van der Waals surface area contributed by atoms with Crippen molar-refractivity contribution in [3.8, 4) is 5.75 Å². The molecule has 3 aromatic rings. The summed E-state index contributed by atoms with van der Waals surface area (Å²) in [5, 5.41) is 16.4. The van der Waals surface area contributed by atoms with Crippen molar-refractivity contribution in [2.45, 2.75) is 13.0 Å². The minimum absolute atomic E-state index is 0.0189. The Morgan fingerprint density at radius 2 is 2.00 bits per heavy atom. The van der Waals surface area contributed by atoms with E-state index in [9.17, 15) is 14.9 Å². The molecule has 1 heterocycles. The monoisotopic (exact) mass is 369 g/mol. The van der Waals surface area contributed by atoms with Crippen LogP contribution in [0.3, 0.4) is 0 Å². The molecule has 0 bridgehead atoms. The van der Waals surface area contributed by atoms with E-state index in [1.54, 1.807) is 19.1 Å². The number of carbonyl (C=O) groups excluding carboxylic acids is 1. The number of nitrogens with zero attached hydrogens (tertiary/aromatic N) is 2. The number of carbonyl (C=O) groups is 1. The third kappa shape index (κ3) is 4.04. The molecule has 0 aliphatic rings. The van der Waals surface area contributed by atoms with Crippen LogP contribution in [0.1, 0.15) is 11.8 Å². The number of thiophene rings is 1. The third-order valence-electron chi connectivity index (χ3n) is 3.58. The number of nitro groups is 1. The van der Waals surface area contributed by atoms with Crippen LogP contribution in [0.25, 0.3) is 10.8 Å². The molecule has 1 atom stereocenters. The smallest absolute Gasteiger partial charge is 0.324 e. The number of nitrogens with one attached hydrogen (secondary N) is 1. The van der Waals surface area contributed by atoms with E-state index < -0.39 is 16.9 Å². The van der Waals surface area contributed by atoms with Crippen LogP contribution in [0.5, 0.6) is 5.75 Å². The Labute approximate surface area is 153 Å². The summed E-state index contributed by atoms with van der Waals surface area (Å²) in [5.74, 6) is 0.198. The number of ether oxygens (including phenoxy) is 1. The van der Waals surface area contributed by atoms with Gasteiger partial charge < -0.3 is 4.74 Å². The maximum absolute atomic E-state index is 12.1. The molecule has 7 nitrogen and oxygen atoms in total. The fraction of sp³-hybridized carbons (Fsp3) is 0.111. The fourth-order valence-corrected chi connectivity index (χ4v) is 3.00. The summed E-state index contributed by atoms with van der Waals surface area (Å²) in [5.41, 5.74) is 2.38. The summed E-state index contributed by atoms with van der Waals surface area (Å²) < 4.78 is 5.76. The molecule has 0 saturated heterocycles. The van der Waals surface area contributed by atoms with E-state index in [0.717, 1.165) is 22.1 Å². The van der Waals surface area contributed by atoms with Crippen LogP contribution in [0, 0.1) is 10.1 Å². The van der Waals surface area contributed by atoms with Crippen molar-refractivity contribution in [2.24, 2.45) is 5.10 Å². The lowest BCUT2D eigenvalue weighted by Gasteiger charge is -2.14. The maximum Gasteiger partial charge on any atom is 0.324 e. The largest absolute Gasteiger partial charge is 0.480 e. The average molecular weight is 369 g/mol. The predicted molar refractivity (Wildman–Crippen MR) is 101 cm³/mol. The lowest BCUT2D eigenvalue weighted by molar-refractivity contribution is -0.380. The number of amides is 1. The predicted octanol–water partition coefficient (Wildman–Crippen LogP) is 3.73. The minimum Gasteiger partial charge on any atom is -0.480 e.